The lowest BCUT2D eigenvalue weighted by Gasteiger charge is -1.93. The number of nitriles is 1. The van der Waals surface area contributed by atoms with Crippen LogP contribution in [0.4, 0.5) is 0 Å². The van der Waals surface area contributed by atoms with Crippen molar-refractivity contribution in [1.82, 2.24) is 9.97 Å². The minimum Gasteiger partial charge on any atom is -0.264 e. The molecule has 15 heavy (non-hydrogen) atoms. The number of pyridine rings is 1. The largest absolute Gasteiger partial charge is 0.264 e. The lowest BCUT2D eigenvalue weighted by atomic mass is 10.2. The third-order valence-electron chi connectivity index (χ3n) is 1.96. The van der Waals surface area contributed by atoms with Crippen LogP contribution in [0.2, 0.25) is 0 Å². The highest BCUT2D eigenvalue weighted by atomic mass is 32.1. The van der Waals surface area contributed by atoms with Crippen molar-refractivity contribution in [3.05, 3.63) is 34.9 Å². The Morgan fingerprint density at radius 2 is 2.40 bits per heavy atom. The molecule has 74 valence electrons. The molecule has 0 spiro atoms. The molecule has 0 N–H and O–H groups in total. The van der Waals surface area contributed by atoms with Gasteiger partial charge in [0.15, 0.2) is 0 Å². The average molecular weight is 215 g/mol. The molecule has 0 fully saturated rings. The summed E-state index contributed by atoms with van der Waals surface area (Å²) in [7, 11) is 0. The summed E-state index contributed by atoms with van der Waals surface area (Å²) in [5, 5.41) is 11.5. The van der Waals surface area contributed by atoms with Crippen molar-refractivity contribution in [2.75, 3.05) is 0 Å². The standard InChI is InChI=1S/C11H9N3S/c12-5-1-4-11-14-10(8-15-11)9-3-2-6-13-7-9/h2-3,6-8H,1,4H2. The van der Waals surface area contributed by atoms with Gasteiger partial charge in [0.1, 0.15) is 0 Å². The first-order valence-electron chi connectivity index (χ1n) is 4.62. The fourth-order valence-electron chi connectivity index (χ4n) is 1.24. The van der Waals surface area contributed by atoms with Crippen LogP contribution in [0.1, 0.15) is 11.4 Å². The molecule has 2 aromatic heterocycles. The van der Waals surface area contributed by atoms with Crippen molar-refractivity contribution < 1.29 is 0 Å². The van der Waals surface area contributed by atoms with Crippen molar-refractivity contribution in [3.63, 3.8) is 0 Å². The Morgan fingerprint density at radius 3 is 3.13 bits per heavy atom. The maximum atomic E-state index is 8.47. The molecule has 0 saturated carbocycles. The molecule has 2 aromatic rings. The van der Waals surface area contributed by atoms with Crippen molar-refractivity contribution in [3.8, 4) is 17.3 Å². The van der Waals surface area contributed by atoms with Crippen LogP contribution in [0.5, 0.6) is 0 Å². The topological polar surface area (TPSA) is 49.6 Å². The van der Waals surface area contributed by atoms with E-state index in [9.17, 15) is 0 Å². The van der Waals surface area contributed by atoms with Gasteiger partial charge in [0.05, 0.1) is 16.8 Å². The van der Waals surface area contributed by atoms with Gasteiger partial charge < -0.3 is 0 Å². The van der Waals surface area contributed by atoms with Crippen molar-refractivity contribution in [2.24, 2.45) is 0 Å². The van der Waals surface area contributed by atoms with Crippen LogP contribution in [-0.2, 0) is 6.42 Å². The molecule has 0 aliphatic rings. The van der Waals surface area contributed by atoms with Gasteiger partial charge in [-0.1, -0.05) is 0 Å². The molecule has 4 heteroatoms. The first kappa shape index (κ1) is 9.81. The third-order valence-corrected chi connectivity index (χ3v) is 2.87. The van der Waals surface area contributed by atoms with Crippen LogP contribution in [0.15, 0.2) is 29.9 Å². The monoisotopic (exact) mass is 215 g/mol. The van der Waals surface area contributed by atoms with Crippen molar-refractivity contribution in [2.45, 2.75) is 12.8 Å². The van der Waals surface area contributed by atoms with Crippen LogP contribution in [0, 0.1) is 11.3 Å². The van der Waals surface area contributed by atoms with Crippen molar-refractivity contribution in [1.29, 1.82) is 5.26 Å². The van der Waals surface area contributed by atoms with Crippen molar-refractivity contribution >= 4 is 11.3 Å². The van der Waals surface area contributed by atoms with Crippen LogP contribution in [0.25, 0.3) is 11.3 Å². The molecule has 0 atom stereocenters. The summed E-state index contributed by atoms with van der Waals surface area (Å²) in [6.45, 7) is 0. The lowest BCUT2D eigenvalue weighted by Crippen LogP contribution is -1.83. The maximum absolute atomic E-state index is 8.47. The van der Waals surface area contributed by atoms with E-state index < -0.39 is 0 Å². The molecule has 0 amide bonds. The maximum Gasteiger partial charge on any atom is 0.0942 e. The summed E-state index contributed by atoms with van der Waals surface area (Å²) >= 11 is 1.59. The van der Waals surface area contributed by atoms with Crippen LogP contribution in [-0.4, -0.2) is 9.97 Å². The Balaban J connectivity index is 2.18. The first-order valence-corrected chi connectivity index (χ1v) is 5.50. The van der Waals surface area contributed by atoms with Gasteiger partial charge in [-0.25, -0.2) is 4.98 Å². The fourth-order valence-corrected chi connectivity index (χ4v) is 2.04. The molecule has 0 saturated heterocycles. The quantitative estimate of drug-likeness (QED) is 0.790. The molecule has 2 rings (SSSR count). The van der Waals surface area contributed by atoms with E-state index in [4.69, 9.17) is 5.26 Å². The van der Waals surface area contributed by atoms with E-state index in [1.165, 1.54) is 0 Å². The number of aromatic nitrogens is 2. The Hall–Kier alpha value is -1.73. The highest BCUT2D eigenvalue weighted by Gasteiger charge is 2.03. The van der Waals surface area contributed by atoms with Crippen LogP contribution >= 0.6 is 11.3 Å². The van der Waals surface area contributed by atoms with Gasteiger partial charge in [-0.3, -0.25) is 4.98 Å². The molecule has 0 aliphatic carbocycles. The molecule has 0 bridgehead atoms. The Labute approximate surface area is 92.1 Å². The minimum atomic E-state index is 0.528. The summed E-state index contributed by atoms with van der Waals surface area (Å²) in [6, 6.07) is 5.99. The second kappa shape index (κ2) is 4.67. The second-order valence-electron chi connectivity index (χ2n) is 3.03. The Morgan fingerprint density at radius 1 is 1.47 bits per heavy atom. The summed E-state index contributed by atoms with van der Waals surface area (Å²) in [5.41, 5.74) is 1.97. The minimum absolute atomic E-state index is 0.528. The van der Waals surface area contributed by atoms with E-state index in [-0.39, 0.29) is 0 Å². The number of hydrogen-bond donors (Lipinski definition) is 0. The van der Waals surface area contributed by atoms with Gasteiger partial charge in [-0.15, -0.1) is 11.3 Å². The van der Waals surface area contributed by atoms with Crippen LogP contribution in [0.3, 0.4) is 0 Å². The van der Waals surface area contributed by atoms with E-state index in [1.54, 1.807) is 23.7 Å². The van der Waals surface area contributed by atoms with E-state index in [0.717, 1.165) is 22.7 Å². The third kappa shape index (κ3) is 2.39. The number of rotatable bonds is 3. The van der Waals surface area contributed by atoms with Gasteiger partial charge >= 0.3 is 0 Å². The summed E-state index contributed by atoms with van der Waals surface area (Å²) in [6.07, 6.45) is 4.80. The number of nitrogens with zero attached hydrogens (tertiary/aromatic N) is 3. The first-order chi connectivity index (χ1) is 7.40. The molecule has 0 unspecified atom stereocenters. The van der Waals surface area contributed by atoms with E-state index in [1.807, 2.05) is 17.5 Å². The average Bonchev–Trinajstić information content (AvgIpc) is 2.76. The molecule has 0 aromatic carbocycles. The summed E-state index contributed by atoms with van der Waals surface area (Å²) < 4.78 is 0. The fraction of sp³-hybridized carbons (Fsp3) is 0.182. The molecular weight excluding hydrogens is 206 g/mol. The zero-order valence-electron chi connectivity index (χ0n) is 8.05. The molecule has 0 radical (unpaired) electrons. The Kier molecular flexibility index (Phi) is 3.05. The molecule has 0 aliphatic heterocycles. The number of hydrogen-bond acceptors (Lipinski definition) is 4. The highest BCUT2D eigenvalue weighted by molar-refractivity contribution is 7.09. The van der Waals surface area contributed by atoms with Crippen LogP contribution < -0.4 is 0 Å². The smallest absolute Gasteiger partial charge is 0.0942 e. The molecule has 2 heterocycles. The molecular formula is C11H9N3S. The summed E-state index contributed by atoms with van der Waals surface area (Å²) in [4.78, 5) is 8.49. The van der Waals surface area contributed by atoms with Gasteiger partial charge in [0.25, 0.3) is 0 Å². The Bertz CT molecular complexity index is 470. The predicted molar refractivity (Wildman–Crippen MR) is 59.3 cm³/mol. The normalized spacial score (nSPS) is 9.80. The lowest BCUT2D eigenvalue weighted by molar-refractivity contribution is 0.990. The van der Waals surface area contributed by atoms with Gasteiger partial charge in [0.2, 0.25) is 0 Å². The number of thiazole rings is 1. The van der Waals surface area contributed by atoms with E-state index in [0.29, 0.717) is 6.42 Å². The van der Waals surface area contributed by atoms with Gasteiger partial charge in [0, 0.05) is 36.2 Å². The summed E-state index contributed by atoms with van der Waals surface area (Å²) in [5.74, 6) is 0. The van der Waals surface area contributed by atoms with Gasteiger partial charge in [-0.05, 0) is 12.1 Å². The zero-order valence-corrected chi connectivity index (χ0v) is 8.87. The highest BCUT2D eigenvalue weighted by Crippen LogP contribution is 2.21. The molecule has 3 nitrogen and oxygen atoms in total. The SMILES string of the molecule is N#CCCc1nc(-c2cccnc2)cs1. The zero-order chi connectivity index (χ0) is 10.5. The predicted octanol–water partition coefficient (Wildman–Crippen LogP) is 2.66. The van der Waals surface area contributed by atoms with E-state index in [2.05, 4.69) is 16.0 Å². The van der Waals surface area contributed by atoms with Gasteiger partial charge in [-0.2, -0.15) is 5.26 Å². The second-order valence-corrected chi connectivity index (χ2v) is 3.97. The number of aryl methyl sites for hydroxylation is 1. The van der Waals surface area contributed by atoms with E-state index >= 15 is 0 Å².